The molecule has 4 aromatic heterocycles. The predicted octanol–water partition coefficient (Wildman–Crippen LogP) is 5.26. The van der Waals surface area contributed by atoms with Crippen molar-refractivity contribution in [1.29, 1.82) is 0 Å². The molecule has 0 bridgehead atoms. The van der Waals surface area contributed by atoms with Gasteiger partial charge >= 0.3 is 0 Å². The molecule has 138 valence electrons. The van der Waals surface area contributed by atoms with Crippen LogP contribution in [0.3, 0.4) is 0 Å². The molecule has 4 rings (SSSR count). The number of thiophene rings is 1. The molecule has 0 saturated carbocycles. The summed E-state index contributed by atoms with van der Waals surface area (Å²) in [6.07, 6.45) is 5.96. The Hall–Kier alpha value is -2.38. The number of rotatable bonds is 7. The molecular formula is C20H21N5S2. The number of imidazole rings is 1. The minimum atomic E-state index is 0.517. The average Bonchev–Trinajstić information content (AvgIpc) is 3.38. The number of fused-ring (bicyclic) bond motifs is 1. The fraction of sp³-hybridized carbons (Fsp3) is 0.250. The van der Waals surface area contributed by atoms with Crippen molar-refractivity contribution >= 4 is 28.7 Å². The third-order valence-corrected chi connectivity index (χ3v) is 6.47. The zero-order valence-corrected chi connectivity index (χ0v) is 17.0. The molecule has 0 atom stereocenters. The second kappa shape index (κ2) is 7.70. The highest BCUT2D eigenvalue weighted by molar-refractivity contribution is 7.98. The Labute approximate surface area is 166 Å². The Morgan fingerprint density at radius 2 is 2.19 bits per heavy atom. The van der Waals surface area contributed by atoms with Crippen LogP contribution in [0.2, 0.25) is 0 Å². The zero-order chi connectivity index (χ0) is 18.8. The number of nitrogens with zero attached hydrogens (tertiary/aromatic N) is 5. The van der Waals surface area contributed by atoms with E-state index in [0.717, 1.165) is 33.6 Å². The predicted molar refractivity (Wildman–Crippen MR) is 112 cm³/mol. The van der Waals surface area contributed by atoms with Crippen molar-refractivity contribution in [3.05, 3.63) is 65.3 Å². The minimum Gasteiger partial charge on any atom is -0.307 e. The molecule has 5 nitrogen and oxygen atoms in total. The lowest BCUT2D eigenvalue weighted by atomic mass is 10.1. The van der Waals surface area contributed by atoms with Gasteiger partial charge in [0.2, 0.25) is 0 Å². The van der Waals surface area contributed by atoms with Crippen LogP contribution in [0.25, 0.3) is 17.0 Å². The van der Waals surface area contributed by atoms with Crippen molar-refractivity contribution < 1.29 is 0 Å². The van der Waals surface area contributed by atoms with Gasteiger partial charge in [-0.1, -0.05) is 37.8 Å². The Bertz CT molecular complexity index is 1040. The van der Waals surface area contributed by atoms with Crippen LogP contribution in [0.1, 0.15) is 30.3 Å². The van der Waals surface area contributed by atoms with Crippen molar-refractivity contribution in [3.63, 3.8) is 0 Å². The summed E-state index contributed by atoms with van der Waals surface area (Å²) >= 11 is 3.43. The van der Waals surface area contributed by atoms with Gasteiger partial charge in [0.25, 0.3) is 0 Å². The van der Waals surface area contributed by atoms with E-state index >= 15 is 0 Å². The first kappa shape index (κ1) is 18.0. The highest BCUT2D eigenvalue weighted by atomic mass is 32.2. The van der Waals surface area contributed by atoms with E-state index in [1.54, 1.807) is 23.1 Å². The molecule has 0 aliphatic rings. The fourth-order valence-corrected chi connectivity index (χ4v) is 4.61. The minimum absolute atomic E-state index is 0.517. The molecule has 0 aromatic carbocycles. The van der Waals surface area contributed by atoms with Crippen LogP contribution < -0.4 is 0 Å². The monoisotopic (exact) mass is 395 g/mol. The van der Waals surface area contributed by atoms with E-state index in [4.69, 9.17) is 0 Å². The van der Waals surface area contributed by atoms with Crippen LogP contribution in [0.15, 0.2) is 59.9 Å². The third kappa shape index (κ3) is 3.70. The summed E-state index contributed by atoms with van der Waals surface area (Å²) in [6.45, 7) is 8.99. The maximum Gasteiger partial charge on any atom is 0.192 e. The number of pyridine rings is 1. The summed E-state index contributed by atoms with van der Waals surface area (Å²) in [4.78, 5) is 6.02. The van der Waals surface area contributed by atoms with E-state index in [-0.39, 0.29) is 0 Å². The van der Waals surface area contributed by atoms with Gasteiger partial charge in [-0.15, -0.1) is 28.1 Å². The van der Waals surface area contributed by atoms with Crippen molar-refractivity contribution in [2.45, 2.75) is 37.2 Å². The first-order valence-electron chi connectivity index (χ1n) is 8.84. The van der Waals surface area contributed by atoms with Crippen molar-refractivity contribution in [2.75, 3.05) is 0 Å². The number of aromatic nitrogens is 5. The summed E-state index contributed by atoms with van der Waals surface area (Å²) < 4.78 is 4.16. The quantitative estimate of drug-likeness (QED) is 0.316. The van der Waals surface area contributed by atoms with Crippen LogP contribution in [0.5, 0.6) is 0 Å². The smallest absolute Gasteiger partial charge is 0.192 e. The van der Waals surface area contributed by atoms with E-state index in [2.05, 4.69) is 57.8 Å². The standard InChI is InChI=1S/C20H21N5S2/c1-4-8-25-19(15-10-17(14(2)3)26-12-15)22-23-20(25)27-13-16-11-24-9-6-5-7-18(24)21-16/h4-7,9-12,14H,1,8,13H2,2-3H3. The summed E-state index contributed by atoms with van der Waals surface area (Å²) in [5, 5.41) is 11.9. The lowest BCUT2D eigenvalue weighted by molar-refractivity contribution is 0.731. The van der Waals surface area contributed by atoms with Gasteiger partial charge in [0, 0.05) is 40.5 Å². The van der Waals surface area contributed by atoms with E-state index in [9.17, 15) is 0 Å². The largest absolute Gasteiger partial charge is 0.307 e. The second-order valence-corrected chi connectivity index (χ2v) is 8.47. The zero-order valence-electron chi connectivity index (χ0n) is 15.4. The maximum atomic E-state index is 4.66. The molecule has 7 heteroatoms. The average molecular weight is 396 g/mol. The number of hydrogen-bond acceptors (Lipinski definition) is 5. The first-order valence-corrected chi connectivity index (χ1v) is 10.7. The van der Waals surface area contributed by atoms with Gasteiger partial charge in [-0.2, -0.15) is 0 Å². The molecule has 27 heavy (non-hydrogen) atoms. The summed E-state index contributed by atoms with van der Waals surface area (Å²) in [5.74, 6) is 2.16. The van der Waals surface area contributed by atoms with E-state index in [1.807, 2.05) is 34.9 Å². The molecule has 0 amide bonds. The highest BCUT2D eigenvalue weighted by Crippen LogP contribution is 2.31. The molecule has 0 unspecified atom stereocenters. The van der Waals surface area contributed by atoms with Crippen molar-refractivity contribution in [3.8, 4) is 11.4 Å². The molecule has 0 aliphatic carbocycles. The van der Waals surface area contributed by atoms with Crippen LogP contribution in [0, 0.1) is 0 Å². The van der Waals surface area contributed by atoms with Crippen LogP contribution in [-0.4, -0.2) is 24.1 Å². The Kier molecular flexibility index (Phi) is 5.13. The summed E-state index contributed by atoms with van der Waals surface area (Å²) in [5.41, 5.74) is 3.11. The summed E-state index contributed by atoms with van der Waals surface area (Å²) in [6, 6.07) is 8.23. The lowest BCUT2D eigenvalue weighted by Crippen LogP contribution is -2.00. The van der Waals surface area contributed by atoms with Gasteiger partial charge in [-0.05, 0) is 24.1 Å². The molecular weight excluding hydrogens is 374 g/mol. The molecule has 0 spiro atoms. The Morgan fingerprint density at radius 1 is 1.30 bits per heavy atom. The van der Waals surface area contributed by atoms with Gasteiger partial charge < -0.3 is 4.40 Å². The van der Waals surface area contributed by atoms with Crippen molar-refractivity contribution in [2.24, 2.45) is 0 Å². The van der Waals surface area contributed by atoms with Crippen LogP contribution in [-0.2, 0) is 12.3 Å². The molecule has 0 radical (unpaired) electrons. The maximum absolute atomic E-state index is 4.66. The van der Waals surface area contributed by atoms with E-state index in [1.165, 1.54) is 4.88 Å². The molecule has 0 saturated heterocycles. The third-order valence-electron chi connectivity index (χ3n) is 4.24. The SMILES string of the molecule is C=CCn1c(SCc2cn3ccccc3n2)nnc1-c1csc(C(C)C)c1. The number of hydrogen-bond donors (Lipinski definition) is 0. The molecule has 0 N–H and O–H groups in total. The molecule has 0 fully saturated rings. The summed E-state index contributed by atoms with van der Waals surface area (Å²) in [7, 11) is 0. The van der Waals surface area contributed by atoms with Gasteiger partial charge in [0.15, 0.2) is 11.0 Å². The normalized spacial score (nSPS) is 11.5. The first-order chi connectivity index (χ1) is 13.2. The fourth-order valence-electron chi connectivity index (χ4n) is 2.87. The van der Waals surface area contributed by atoms with Gasteiger partial charge in [0.1, 0.15) is 5.65 Å². The number of thioether (sulfide) groups is 1. The van der Waals surface area contributed by atoms with Gasteiger partial charge in [-0.3, -0.25) is 4.57 Å². The topological polar surface area (TPSA) is 48.0 Å². The van der Waals surface area contributed by atoms with Gasteiger partial charge in [0.05, 0.1) is 5.69 Å². The lowest BCUT2D eigenvalue weighted by Gasteiger charge is -2.06. The molecule has 0 aliphatic heterocycles. The molecule has 4 aromatic rings. The second-order valence-electron chi connectivity index (χ2n) is 6.58. The van der Waals surface area contributed by atoms with Crippen molar-refractivity contribution in [1.82, 2.24) is 24.1 Å². The van der Waals surface area contributed by atoms with Gasteiger partial charge in [-0.25, -0.2) is 4.98 Å². The Morgan fingerprint density at radius 3 is 2.93 bits per heavy atom. The van der Waals surface area contributed by atoms with E-state index < -0.39 is 0 Å². The molecule has 4 heterocycles. The Balaban J connectivity index is 1.58. The highest BCUT2D eigenvalue weighted by Gasteiger charge is 2.16. The number of allylic oxidation sites excluding steroid dienone is 1. The van der Waals surface area contributed by atoms with Crippen LogP contribution >= 0.6 is 23.1 Å². The van der Waals surface area contributed by atoms with Crippen LogP contribution in [0.4, 0.5) is 0 Å². The van der Waals surface area contributed by atoms with E-state index in [0.29, 0.717) is 12.5 Å².